The number of H-pyrrole nitrogens is 1. The Morgan fingerprint density at radius 1 is 1.00 bits per heavy atom. The van der Waals surface area contributed by atoms with Gasteiger partial charge in [0.05, 0.1) is 12.0 Å². The fourth-order valence-corrected chi connectivity index (χ4v) is 3.77. The van der Waals surface area contributed by atoms with E-state index >= 15 is 0 Å². The minimum Gasteiger partial charge on any atom is -0.383 e. The van der Waals surface area contributed by atoms with Gasteiger partial charge in [-0.25, -0.2) is 4.98 Å². The zero-order chi connectivity index (χ0) is 11.8. The number of aromatic nitrogens is 2. The molecule has 3 rings (SSSR count). The second-order valence-corrected chi connectivity index (χ2v) is 6.05. The molecule has 2 aliphatic rings. The monoisotopic (exact) mass is 234 g/mol. The molecule has 2 fully saturated rings. The van der Waals surface area contributed by atoms with Crippen molar-refractivity contribution < 1.29 is 5.11 Å². The fourth-order valence-electron chi connectivity index (χ4n) is 3.77. The van der Waals surface area contributed by atoms with Crippen molar-refractivity contribution in [3.8, 4) is 0 Å². The van der Waals surface area contributed by atoms with E-state index in [0.717, 1.165) is 18.5 Å². The molecule has 1 aromatic heterocycles. The summed E-state index contributed by atoms with van der Waals surface area (Å²) in [7, 11) is 0. The maximum atomic E-state index is 10.7. The number of aliphatic hydroxyl groups is 1. The number of nitrogens with one attached hydrogen (secondary N) is 1. The summed E-state index contributed by atoms with van der Waals surface area (Å²) in [5.41, 5.74) is 0.729. The molecule has 0 aliphatic heterocycles. The van der Waals surface area contributed by atoms with E-state index < -0.39 is 5.60 Å². The number of hydrogen-bond donors (Lipinski definition) is 2. The third-order valence-electron chi connectivity index (χ3n) is 5.03. The summed E-state index contributed by atoms with van der Waals surface area (Å²) in [5.74, 6) is 0. The molecular formula is C14H22N2O. The molecule has 2 aliphatic carbocycles. The molecular weight excluding hydrogens is 212 g/mol. The molecule has 0 amide bonds. The summed E-state index contributed by atoms with van der Waals surface area (Å²) < 4.78 is 0. The van der Waals surface area contributed by atoms with Gasteiger partial charge in [-0.05, 0) is 43.9 Å². The summed E-state index contributed by atoms with van der Waals surface area (Å²) in [4.78, 5) is 7.19. The van der Waals surface area contributed by atoms with Crippen LogP contribution >= 0.6 is 0 Å². The highest BCUT2D eigenvalue weighted by molar-refractivity contribution is 5.10. The Morgan fingerprint density at radius 2 is 1.71 bits per heavy atom. The zero-order valence-corrected chi connectivity index (χ0v) is 10.4. The standard InChI is InChI=1S/C14H22N2O/c17-14(12-10-15-11-16-12)8-6-13(7-9-14)4-2-1-3-5-13/h10-11,17H,1-9H2,(H,15,16). The van der Waals surface area contributed by atoms with Crippen molar-refractivity contribution in [1.29, 1.82) is 0 Å². The van der Waals surface area contributed by atoms with Crippen molar-refractivity contribution in [3.63, 3.8) is 0 Å². The van der Waals surface area contributed by atoms with Gasteiger partial charge in [0.1, 0.15) is 5.60 Å². The van der Waals surface area contributed by atoms with Crippen LogP contribution in [-0.2, 0) is 5.60 Å². The maximum absolute atomic E-state index is 10.7. The first-order chi connectivity index (χ1) is 8.23. The lowest BCUT2D eigenvalue weighted by Crippen LogP contribution is -2.38. The van der Waals surface area contributed by atoms with Crippen LogP contribution in [0.1, 0.15) is 63.5 Å². The summed E-state index contributed by atoms with van der Waals surface area (Å²) >= 11 is 0. The predicted octanol–water partition coefficient (Wildman–Crippen LogP) is 3.12. The molecule has 3 nitrogen and oxygen atoms in total. The van der Waals surface area contributed by atoms with Gasteiger partial charge >= 0.3 is 0 Å². The smallest absolute Gasteiger partial charge is 0.108 e. The second-order valence-electron chi connectivity index (χ2n) is 6.05. The van der Waals surface area contributed by atoms with Crippen molar-refractivity contribution in [2.45, 2.75) is 63.4 Å². The van der Waals surface area contributed by atoms with Gasteiger partial charge in [-0.3, -0.25) is 0 Å². The number of aromatic amines is 1. The lowest BCUT2D eigenvalue weighted by atomic mass is 9.62. The van der Waals surface area contributed by atoms with Crippen LogP contribution in [-0.4, -0.2) is 15.1 Å². The highest BCUT2D eigenvalue weighted by Crippen LogP contribution is 2.51. The Bertz CT molecular complexity index is 356. The molecule has 0 saturated heterocycles. The number of imidazole rings is 1. The number of rotatable bonds is 1. The van der Waals surface area contributed by atoms with Crippen molar-refractivity contribution in [2.24, 2.45) is 5.41 Å². The van der Waals surface area contributed by atoms with Crippen LogP contribution in [0, 0.1) is 5.41 Å². The third-order valence-corrected chi connectivity index (χ3v) is 5.03. The lowest BCUT2D eigenvalue weighted by Gasteiger charge is -2.45. The summed E-state index contributed by atoms with van der Waals surface area (Å²) in [6.07, 6.45) is 14.6. The maximum Gasteiger partial charge on any atom is 0.108 e. The normalized spacial score (nSPS) is 27.1. The molecule has 0 unspecified atom stereocenters. The molecule has 3 heteroatoms. The van der Waals surface area contributed by atoms with E-state index in [4.69, 9.17) is 0 Å². The molecule has 94 valence electrons. The molecule has 1 aromatic rings. The zero-order valence-electron chi connectivity index (χ0n) is 10.4. The van der Waals surface area contributed by atoms with E-state index in [2.05, 4.69) is 9.97 Å². The third kappa shape index (κ3) is 2.01. The van der Waals surface area contributed by atoms with Gasteiger partial charge in [0, 0.05) is 6.20 Å². The summed E-state index contributed by atoms with van der Waals surface area (Å²) in [6.45, 7) is 0. The Labute approximate surface area is 103 Å². The quantitative estimate of drug-likeness (QED) is 0.784. The molecule has 0 aromatic carbocycles. The van der Waals surface area contributed by atoms with Gasteiger partial charge in [-0.2, -0.15) is 0 Å². The van der Waals surface area contributed by atoms with Crippen molar-refractivity contribution in [3.05, 3.63) is 18.2 Å². The van der Waals surface area contributed by atoms with Gasteiger partial charge in [0.2, 0.25) is 0 Å². The Balaban J connectivity index is 1.71. The van der Waals surface area contributed by atoms with Crippen LogP contribution in [0.3, 0.4) is 0 Å². The van der Waals surface area contributed by atoms with E-state index in [1.165, 1.54) is 44.9 Å². The summed E-state index contributed by atoms with van der Waals surface area (Å²) in [5, 5.41) is 10.7. The highest BCUT2D eigenvalue weighted by atomic mass is 16.3. The number of hydrogen-bond acceptors (Lipinski definition) is 2. The minimum absolute atomic E-state index is 0.556. The van der Waals surface area contributed by atoms with Crippen LogP contribution < -0.4 is 0 Å². The molecule has 17 heavy (non-hydrogen) atoms. The van der Waals surface area contributed by atoms with Crippen LogP contribution in [0.2, 0.25) is 0 Å². The van der Waals surface area contributed by atoms with Crippen molar-refractivity contribution in [2.75, 3.05) is 0 Å². The first kappa shape index (κ1) is 11.3. The average molecular weight is 234 g/mol. The first-order valence-electron chi connectivity index (χ1n) is 6.94. The van der Waals surface area contributed by atoms with Crippen LogP contribution in [0.5, 0.6) is 0 Å². The van der Waals surface area contributed by atoms with Crippen LogP contribution in [0.25, 0.3) is 0 Å². The van der Waals surface area contributed by atoms with Crippen LogP contribution in [0.15, 0.2) is 12.5 Å². The molecule has 2 N–H and O–H groups in total. The Hall–Kier alpha value is -0.830. The molecule has 0 atom stereocenters. The van der Waals surface area contributed by atoms with Gasteiger partial charge in [0.25, 0.3) is 0 Å². The average Bonchev–Trinajstić information content (AvgIpc) is 2.89. The van der Waals surface area contributed by atoms with E-state index in [1.54, 1.807) is 6.33 Å². The minimum atomic E-state index is -0.664. The van der Waals surface area contributed by atoms with Gasteiger partial charge in [-0.1, -0.05) is 19.3 Å². The highest BCUT2D eigenvalue weighted by Gasteiger charge is 2.43. The second kappa shape index (κ2) is 4.13. The van der Waals surface area contributed by atoms with E-state index in [1.807, 2.05) is 6.20 Å². The molecule has 1 spiro atoms. The summed E-state index contributed by atoms with van der Waals surface area (Å²) in [6, 6.07) is 0. The molecule has 0 bridgehead atoms. The topological polar surface area (TPSA) is 48.9 Å². The van der Waals surface area contributed by atoms with Gasteiger partial charge in [0.15, 0.2) is 0 Å². The van der Waals surface area contributed by atoms with Crippen LogP contribution in [0.4, 0.5) is 0 Å². The Morgan fingerprint density at radius 3 is 2.29 bits per heavy atom. The predicted molar refractivity (Wildman–Crippen MR) is 66.5 cm³/mol. The van der Waals surface area contributed by atoms with Gasteiger partial charge < -0.3 is 10.1 Å². The lowest BCUT2D eigenvalue weighted by molar-refractivity contribution is -0.0516. The van der Waals surface area contributed by atoms with E-state index in [9.17, 15) is 5.11 Å². The number of nitrogens with zero attached hydrogens (tertiary/aromatic N) is 1. The SMILES string of the molecule is OC1(c2c[nH]cn2)CCC2(CCCCC2)CC1. The van der Waals surface area contributed by atoms with E-state index in [0.29, 0.717) is 5.41 Å². The molecule has 1 heterocycles. The molecule has 0 radical (unpaired) electrons. The van der Waals surface area contributed by atoms with Gasteiger partial charge in [-0.15, -0.1) is 0 Å². The molecule has 2 saturated carbocycles. The largest absolute Gasteiger partial charge is 0.383 e. The van der Waals surface area contributed by atoms with Crippen molar-refractivity contribution in [1.82, 2.24) is 9.97 Å². The Kier molecular flexibility index (Phi) is 2.74. The van der Waals surface area contributed by atoms with Crippen molar-refractivity contribution >= 4 is 0 Å². The van der Waals surface area contributed by atoms with E-state index in [-0.39, 0.29) is 0 Å². The fraction of sp³-hybridized carbons (Fsp3) is 0.786. The first-order valence-corrected chi connectivity index (χ1v) is 6.94.